The molecular formula is C24H24N2O2. The highest BCUT2D eigenvalue weighted by Crippen LogP contribution is 2.31. The molecule has 0 spiro atoms. The molecule has 142 valence electrons. The molecule has 0 radical (unpaired) electrons. The number of ether oxygens (including phenoxy) is 2. The van der Waals surface area contributed by atoms with Gasteiger partial charge in [0.15, 0.2) is 11.5 Å². The fourth-order valence-electron chi connectivity index (χ4n) is 3.71. The van der Waals surface area contributed by atoms with Gasteiger partial charge in [0.1, 0.15) is 5.82 Å². The molecule has 0 fully saturated rings. The molecule has 0 amide bonds. The van der Waals surface area contributed by atoms with Gasteiger partial charge < -0.3 is 14.0 Å². The van der Waals surface area contributed by atoms with Crippen LogP contribution in [0.1, 0.15) is 29.9 Å². The molecule has 0 bridgehead atoms. The van der Waals surface area contributed by atoms with E-state index < -0.39 is 0 Å². The fraction of sp³-hybridized carbons (Fsp3) is 0.208. The molecule has 3 aromatic carbocycles. The minimum absolute atomic E-state index is 0.184. The molecule has 0 aliphatic rings. The number of hydrogen-bond donors (Lipinski definition) is 0. The lowest BCUT2D eigenvalue weighted by Gasteiger charge is -2.18. The molecule has 1 heterocycles. The Labute approximate surface area is 165 Å². The van der Waals surface area contributed by atoms with Gasteiger partial charge in [-0.2, -0.15) is 0 Å². The van der Waals surface area contributed by atoms with Gasteiger partial charge in [-0.15, -0.1) is 0 Å². The van der Waals surface area contributed by atoms with Gasteiger partial charge in [0.05, 0.1) is 31.3 Å². The number of nitrogens with zero attached hydrogens (tertiary/aromatic N) is 2. The average molecular weight is 372 g/mol. The Balaban J connectivity index is 1.79. The Kier molecular flexibility index (Phi) is 5.02. The quantitative estimate of drug-likeness (QED) is 0.464. The van der Waals surface area contributed by atoms with Crippen LogP contribution < -0.4 is 9.47 Å². The number of hydrogen-bond acceptors (Lipinski definition) is 3. The van der Waals surface area contributed by atoms with Crippen LogP contribution in [0.2, 0.25) is 0 Å². The molecule has 1 aromatic heterocycles. The summed E-state index contributed by atoms with van der Waals surface area (Å²) in [6.07, 6.45) is 0.714. The normalized spacial score (nSPS) is 12.1. The topological polar surface area (TPSA) is 36.3 Å². The van der Waals surface area contributed by atoms with Crippen molar-refractivity contribution in [2.24, 2.45) is 0 Å². The van der Waals surface area contributed by atoms with E-state index in [-0.39, 0.29) is 6.04 Å². The molecule has 4 heteroatoms. The fourth-order valence-corrected chi connectivity index (χ4v) is 3.71. The lowest BCUT2D eigenvalue weighted by atomic mass is 10.1. The van der Waals surface area contributed by atoms with Crippen LogP contribution >= 0.6 is 0 Å². The van der Waals surface area contributed by atoms with Gasteiger partial charge in [0, 0.05) is 6.42 Å². The zero-order valence-corrected chi connectivity index (χ0v) is 16.4. The summed E-state index contributed by atoms with van der Waals surface area (Å²) in [5, 5.41) is 0. The van der Waals surface area contributed by atoms with Gasteiger partial charge in [0.2, 0.25) is 0 Å². The Morgan fingerprint density at radius 3 is 2.32 bits per heavy atom. The molecule has 1 unspecified atom stereocenters. The van der Waals surface area contributed by atoms with Gasteiger partial charge in [-0.1, -0.05) is 48.5 Å². The first-order valence-corrected chi connectivity index (χ1v) is 9.43. The Morgan fingerprint density at radius 1 is 0.857 bits per heavy atom. The molecule has 28 heavy (non-hydrogen) atoms. The summed E-state index contributed by atoms with van der Waals surface area (Å²) in [5.74, 6) is 2.50. The molecule has 4 aromatic rings. The van der Waals surface area contributed by atoms with Crippen molar-refractivity contribution >= 4 is 11.0 Å². The first-order chi connectivity index (χ1) is 13.7. The molecule has 4 rings (SSSR count). The molecule has 0 aliphatic heterocycles. The maximum Gasteiger partial charge on any atom is 0.161 e. The lowest BCUT2D eigenvalue weighted by molar-refractivity contribution is 0.354. The van der Waals surface area contributed by atoms with E-state index >= 15 is 0 Å². The summed E-state index contributed by atoms with van der Waals surface area (Å²) in [6.45, 7) is 2.22. The monoisotopic (exact) mass is 372 g/mol. The number of aromatic nitrogens is 2. The second kappa shape index (κ2) is 7.77. The third kappa shape index (κ3) is 3.33. The van der Waals surface area contributed by atoms with Crippen molar-refractivity contribution in [3.8, 4) is 11.5 Å². The number of benzene rings is 3. The maximum atomic E-state index is 5.47. The third-order valence-electron chi connectivity index (χ3n) is 5.15. The smallest absolute Gasteiger partial charge is 0.161 e. The summed E-state index contributed by atoms with van der Waals surface area (Å²) in [4.78, 5) is 4.94. The van der Waals surface area contributed by atoms with Crippen molar-refractivity contribution < 1.29 is 9.47 Å². The first-order valence-electron chi connectivity index (χ1n) is 9.43. The Bertz CT molecular complexity index is 1090. The number of methoxy groups -OCH3 is 2. The third-order valence-corrected chi connectivity index (χ3v) is 5.15. The number of fused-ring (bicyclic) bond motifs is 1. The summed E-state index contributed by atoms with van der Waals surface area (Å²) in [5.41, 5.74) is 4.56. The van der Waals surface area contributed by atoms with Crippen LogP contribution in [-0.2, 0) is 6.42 Å². The second-order valence-corrected chi connectivity index (χ2v) is 6.84. The maximum absolute atomic E-state index is 5.47. The van der Waals surface area contributed by atoms with Gasteiger partial charge in [-0.05, 0) is 42.3 Å². The summed E-state index contributed by atoms with van der Waals surface area (Å²) >= 11 is 0. The molecule has 0 saturated carbocycles. The van der Waals surface area contributed by atoms with E-state index in [2.05, 4.69) is 60.0 Å². The van der Waals surface area contributed by atoms with Crippen molar-refractivity contribution in [2.75, 3.05) is 14.2 Å². The number of imidazole rings is 1. The number of para-hydroxylation sites is 2. The van der Waals surface area contributed by atoms with Crippen molar-refractivity contribution in [1.82, 2.24) is 9.55 Å². The lowest BCUT2D eigenvalue weighted by Crippen LogP contribution is -2.11. The molecule has 0 aliphatic carbocycles. The van der Waals surface area contributed by atoms with Crippen LogP contribution in [0.5, 0.6) is 11.5 Å². The standard InChI is InChI=1S/C24H24N2O2/c1-17(19-9-5-4-6-10-19)26-21-12-8-7-11-20(21)25-24(26)16-18-13-14-22(27-2)23(15-18)28-3/h4-15,17H,16H2,1-3H3. The van der Waals surface area contributed by atoms with E-state index in [1.807, 2.05) is 24.3 Å². The van der Waals surface area contributed by atoms with E-state index in [0.717, 1.165) is 33.9 Å². The van der Waals surface area contributed by atoms with Crippen LogP contribution in [0.15, 0.2) is 72.8 Å². The van der Waals surface area contributed by atoms with Gasteiger partial charge in [-0.25, -0.2) is 4.98 Å². The van der Waals surface area contributed by atoms with E-state index in [9.17, 15) is 0 Å². The van der Waals surface area contributed by atoms with Crippen LogP contribution in [-0.4, -0.2) is 23.8 Å². The van der Waals surface area contributed by atoms with E-state index in [1.165, 1.54) is 5.56 Å². The first kappa shape index (κ1) is 18.1. The summed E-state index contributed by atoms with van der Waals surface area (Å²) < 4.78 is 13.2. The average Bonchev–Trinajstić information content (AvgIpc) is 3.11. The summed E-state index contributed by atoms with van der Waals surface area (Å²) in [6, 6.07) is 25.1. The van der Waals surface area contributed by atoms with Gasteiger partial charge in [0.25, 0.3) is 0 Å². The van der Waals surface area contributed by atoms with Gasteiger partial charge >= 0.3 is 0 Å². The minimum atomic E-state index is 0.184. The van der Waals surface area contributed by atoms with E-state index in [0.29, 0.717) is 6.42 Å². The Hall–Kier alpha value is -3.27. The van der Waals surface area contributed by atoms with E-state index in [1.54, 1.807) is 14.2 Å². The minimum Gasteiger partial charge on any atom is -0.493 e. The molecule has 1 atom stereocenters. The van der Waals surface area contributed by atoms with Crippen molar-refractivity contribution in [2.45, 2.75) is 19.4 Å². The van der Waals surface area contributed by atoms with Crippen LogP contribution in [0.3, 0.4) is 0 Å². The highest BCUT2D eigenvalue weighted by Gasteiger charge is 2.18. The number of rotatable bonds is 6. The molecule has 0 N–H and O–H groups in total. The van der Waals surface area contributed by atoms with Crippen LogP contribution in [0.25, 0.3) is 11.0 Å². The Morgan fingerprint density at radius 2 is 1.57 bits per heavy atom. The predicted molar refractivity (Wildman–Crippen MR) is 112 cm³/mol. The zero-order chi connectivity index (χ0) is 19.5. The van der Waals surface area contributed by atoms with E-state index in [4.69, 9.17) is 14.5 Å². The van der Waals surface area contributed by atoms with Gasteiger partial charge in [-0.3, -0.25) is 0 Å². The zero-order valence-electron chi connectivity index (χ0n) is 16.4. The molecular weight excluding hydrogens is 348 g/mol. The van der Waals surface area contributed by atoms with Crippen molar-refractivity contribution in [3.05, 3.63) is 89.7 Å². The largest absolute Gasteiger partial charge is 0.493 e. The highest BCUT2D eigenvalue weighted by atomic mass is 16.5. The predicted octanol–water partition coefficient (Wildman–Crippen LogP) is 5.25. The highest BCUT2D eigenvalue weighted by molar-refractivity contribution is 5.76. The molecule has 0 saturated heterocycles. The van der Waals surface area contributed by atoms with Crippen molar-refractivity contribution in [3.63, 3.8) is 0 Å². The van der Waals surface area contributed by atoms with Crippen LogP contribution in [0, 0.1) is 0 Å². The van der Waals surface area contributed by atoms with Crippen LogP contribution in [0.4, 0.5) is 0 Å². The summed E-state index contributed by atoms with van der Waals surface area (Å²) in [7, 11) is 3.31. The second-order valence-electron chi connectivity index (χ2n) is 6.84. The molecule has 4 nitrogen and oxygen atoms in total. The van der Waals surface area contributed by atoms with Crippen molar-refractivity contribution in [1.29, 1.82) is 0 Å². The SMILES string of the molecule is COc1ccc(Cc2nc3ccccc3n2C(C)c2ccccc2)cc1OC.